The van der Waals surface area contributed by atoms with Gasteiger partial charge in [-0.1, -0.05) is 6.92 Å². The Kier molecular flexibility index (Phi) is 6.02. The van der Waals surface area contributed by atoms with Crippen LogP contribution in [-0.2, 0) is 14.3 Å². The van der Waals surface area contributed by atoms with Gasteiger partial charge in [0.25, 0.3) is 0 Å². The second kappa shape index (κ2) is 7.52. The number of hydrogen-bond acceptors (Lipinski definition) is 6. The maximum atomic E-state index is 12.1. The minimum atomic E-state index is -0.896. The smallest absolute Gasteiger partial charge is 0.347 e. The van der Waals surface area contributed by atoms with Crippen molar-refractivity contribution in [2.24, 2.45) is 0 Å². The van der Waals surface area contributed by atoms with Gasteiger partial charge < -0.3 is 20.1 Å². The van der Waals surface area contributed by atoms with Gasteiger partial charge in [0, 0.05) is 14.1 Å². The molecule has 1 aromatic carbocycles. The lowest BCUT2D eigenvalue weighted by atomic mass is 10.1. The molecular weight excluding hydrogens is 272 g/mol. The zero-order chi connectivity index (χ0) is 16.0. The van der Waals surface area contributed by atoms with Crippen LogP contribution in [0.2, 0.25) is 0 Å². The van der Waals surface area contributed by atoms with Crippen molar-refractivity contribution >= 4 is 23.3 Å². The molecule has 1 unspecified atom stereocenters. The van der Waals surface area contributed by atoms with Crippen LogP contribution in [0.3, 0.4) is 0 Å². The van der Waals surface area contributed by atoms with E-state index in [0.29, 0.717) is 17.7 Å². The largest absolute Gasteiger partial charge is 0.463 e. The first kappa shape index (κ1) is 16.8. The Balaban J connectivity index is 2.84. The van der Waals surface area contributed by atoms with Gasteiger partial charge in [-0.3, -0.25) is 0 Å². The molecule has 0 aromatic heterocycles. The van der Waals surface area contributed by atoms with E-state index in [1.165, 1.54) is 6.07 Å². The summed E-state index contributed by atoms with van der Waals surface area (Å²) in [6.45, 7) is 3.70. The van der Waals surface area contributed by atoms with Crippen molar-refractivity contribution in [2.45, 2.75) is 26.4 Å². The van der Waals surface area contributed by atoms with E-state index in [-0.39, 0.29) is 6.61 Å². The first-order chi connectivity index (χ1) is 9.90. The molecule has 1 rings (SSSR count). The SMILES string of the molecule is CCOC(=O)C(CC)OC(=O)c1ccc(N(C)C)c(N)c1. The normalized spacial score (nSPS) is 11.6. The van der Waals surface area contributed by atoms with Gasteiger partial charge in [-0.25, -0.2) is 9.59 Å². The second-order valence-corrected chi connectivity index (χ2v) is 4.72. The summed E-state index contributed by atoms with van der Waals surface area (Å²) in [6.07, 6.45) is -0.539. The van der Waals surface area contributed by atoms with Gasteiger partial charge in [-0.05, 0) is 31.5 Å². The molecule has 0 saturated carbocycles. The minimum absolute atomic E-state index is 0.247. The third-order valence-electron chi connectivity index (χ3n) is 2.91. The number of nitrogens with two attached hydrogens (primary N) is 1. The fourth-order valence-corrected chi connectivity index (χ4v) is 1.82. The molecule has 6 nitrogen and oxygen atoms in total. The lowest BCUT2D eigenvalue weighted by molar-refractivity contribution is -0.153. The Labute approximate surface area is 124 Å². The number of carbonyl (C=O) groups is 2. The summed E-state index contributed by atoms with van der Waals surface area (Å²) in [4.78, 5) is 25.5. The monoisotopic (exact) mass is 294 g/mol. The average molecular weight is 294 g/mol. The molecule has 1 aromatic rings. The highest BCUT2D eigenvalue weighted by Crippen LogP contribution is 2.23. The average Bonchev–Trinajstić information content (AvgIpc) is 2.44. The number of carbonyl (C=O) groups excluding carboxylic acids is 2. The molecule has 1 atom stereocenters. The zero-order valence-electron chi connectivity index (χ0n) is 12.9. The molecule has 116 valence electrons. The zero-order valence-corrected chi connectivity index (χ0v) is 12.9. The molecule has 0 saturated heterocycles. The van der Waals surface area contributed by atoms with E-state index in [9.17, 15) is 9.59 Å². The summed E-state index contributed by atoms with van der Waals surface area (Å²) >= 11 is 0. The van der Waals surface area contributed by atoms with Crippen molar-refractivity contribution in [3.8, 4) is 0 Å². The molecule has 6 heteroatoms. The highest BCUT2D eigenvalue weighted by atomic mass is 16.6. The first-order valence-electron chi connectivity index (χ1n) is 6.85. The second-order valence-electron chi connectivity index (χ2n) is 4.72. The molecular formula is C15H22N2O4. The molecule has 0 heterocycles. The van der Waals surface area contributed by atoms with Crippen molar-refractivity contribution < 1.29 is 19.1 Å². The first-order valence-corrected chi connectivity index (χ1v) is 6.85. The Morgan fingerprint density at radius 1 is 1.29 bits per heavy atom. The molecule has 0 bridgehead atoms. The highest BCUT2D eigenvalue weighted by Gasteiger charge is 2.23. The van der Waals surface area contributed by atoms with Crippen LogP contribution in [-0.4, -0.2) is 38.7 Å². The predicted octanol–water partition coefficient (Wildman–Crippen LogP) is 1.83. The van der Waals surface area contributed by atoms with E-state index >= 15 is 0 Å². The fourth-order valence-electron chi connectivity index (χ4n) is 1.82. The molecule has 2 N–H and O–H groups in total. The molecule has 0 fully saturated rings. The van der Waals surface area contributed by atoms with Gasteiger partial charge in [0.05, 0.1) is 23.5 Å². The predicted molar refractivity (Wildman–Crippen MR) is 81.3 cm³/mol. The Bertz CT molecular complexity index is 514. The molecule has 0 radical (unpaired) electrons. The van der Waals surface area contributed by atoms with Crippen LogP contribution in [0.25, 0.3) is 0 Å². The van der Waals surface area contributed by atoms with Gasteiger partial charge >= 0.3 is 11.9 Å². The lowest BCUT2D eigenvalue weighted by Gasteiger charge is -2.17. The molecule has 0 aliphatic carbocycles. The van der Waals surface area contributed by atoms with Gasteiger partial charge in [-0.2, -0.15) is 0 Å². The summed E-state index contributed by atoms with van der Waals surface area (Å²) in [7, 11) is 3.72. The molecule has 0 spiro atoms. The van der Waals surface area contributed by atoms with Crippen molar-refractivity contribution in [2.75, 3.05) is 31.3 Å². The van der Waals surface area contributed by atoms with Gasteiger partial charge in [0.2, 0.25) is 0 Å². The quantitative estimate of drug-likeness (QED) is 0.637. The highest BCUT2D eigenvalue weighted by molar-refractivity contribution is 5.93. The topological polar surface area (TPSA) is 81.9 Å². The van der Waals surface area contributed by atoms with E-state index in [1.54, 1.807) is 26.0 Å². The summed E-state index contributed by atoms with van der Waals surface area (Å²) in [5.41, 5.74) is 7.48. The molecule has 0 aliphatic heterocycles. The number of ether oxygens (including phenoxy) is 2. The minimum Gasteiger partial charge on any atom is -0.463 e. The Hall–Kier alpha value is -2.24. The molecule has 21 heavy (non-hydrogen) atoms. The number of nitrogen functional groups attached to an aromatic ring is 1. The van der Waals surface area contributed by atoms with Crippen LogP contribution in [0.15, 0.2) is 18.2 Å². The van der Waals surface area contributed by atoms with Gasteiger partial charge in [0.15, 0.2) is 6.10 Å². The summed E-state index contributed by atoms with van der Waals surface area (Å²) in [5, 5.41) is 0. The molecule has 0 aliphatic rings. The standard InChI is InChI=1S/C15H22N2O4/c1-5-13(15(19)20-6-2)21-14(18)10-7-8-12(17(3)4)11(16)9-10/h7-9,13H,5-6,16H2,1-4H3. The van der Waals surface area contributed by atoms with Crippen LogP contribution in [0.5, 0.6) is 0 Å². The third kappa shape index (κ3) is 4.37. The Morgan fingerprint density at radius 2 is 1.95 bits per heavy atom. The molecule has 0 amide bonds. The number of nitrogens with zero attached hydrogens (tertiary/aromatic N) is 1. The van der Waals surface area contributed by atoms with E-state index in [1.807, 2.05) is 19.0 Å². The van der Waals surface area contributed by atoms with Gasteiger partial charge in [0.1, 0.15) is 0 Å². The number of rotatable bonds is 6. The van der Waals surface area contributed by atoms with Crippen molar-refractivity contribution in [1.29, 1.82) is 0 Å². The third-order valence-corrected chi connectivity index (χ3v) is 2.91. The van der Waals surface area contributed by atoms with Crippen LogP contribution in [0.1, 0.15) is 30.6 Å². The number of anilines is 2. The van der Waals surface area contributed by atoms with E-state index in [4.69, 9.17) is 15.2 Å². The van der Waals surface area contributed by atoms with Crippen molar-refractivity contribution in [1.82, 2.24) is 0 Å². The van der Waals surface area contributed by atoms with E-state index in [0.717, 1.165) is 5.69 Å². The van der Waals surface area contributed by atoms with Crippen LogP contribution in [0.4, 0.5) is 11.4 Å². The summed E-state index contributed by atoms with van der Waals surface area (Å²) in [5.74, 6) is -1.13. The summed E-state index contributed by atoms with van der Waals surface area (Å²) in [6, 6.07) is 4.89. The Morgan fingerprint density at radius 3 is 2.43 bits per heavy atom. The lowest BCUT2D eigenvalue weighted by Crippen LogP contribution is -2.28. The maximum Gasteiger partial charge on any atom is 0.347 e. The number of benzene rings is 1. The van der Waals surface area contributed by atoms with Crippen LogP contribution >= 0.6 is 0 Å². The number of esters is 2. The van der Waals surface area contributed by atoms with Crippen LogP contribution in [0, 0.1) is 0 Å². The van der Waals surface area contributed by atoms with Crippen molar-refractivity contribution in [3.63, 3.8) is 0 Å². The number of hydrogen-bond donors (Lipinski definition) is 1. The maximum absolute atomic E-state index is 12.1. The fraction of sp³-hybridized carbons (Fsp3) is 0.467. The van der Waals surface area contributed by atoms with E-state index < -0.39 is 18.0 Å². The van der Waals surface area contributed by atoms with E-state index in [2.05, 4.69) is 0 Å². The van der Waals surface area contributed by atoms with Crippen LogP contribution < -0.4 is 10.6 Å². The van der Waals surface area contributed by atoms with Gasteiger partial charge in [-0.15, -0.1) is 0 Å². The van der Waals surface area contributed by atoms with Crippen molar-refractivity contribution in [3.05, 3.63) is 23.8 Å². The summed E-state index contributed by atoms with van der Waals surface area (Å²) < 4.78 is 10.0.